The second-order valence-electron chi connectivity index (χ2n) is 6.94. The first-order valence-electron chi connectivity index (χ1n) is 13.8. The molecule has 4 heterocycles. The van der Waals surface area contributed by atoms with Gasteiger partial charge < -0.3 is 19.4 Å². The molecule has 1 aliphatic rings. The molecule has 1 amide bonds. The Morgan fingerprint density at radius 1 is 1.22 bits per heavy atom. The first-order chi connectivity index (χ1) is 18.6. The zero-order valence-corrected chi connectivity index (χ0v) is 17.2. The van der Waals surface area contributed by atoms with Crippen LogP contribution in [0, 0.1) is 6.92 Å². The lowest BCUT2D eigenvalue weighted by atomic mass is 10.1. The third-order valence-corrected chi connectivity index (χ3v) is 4.67. The van der Waals surface area contributed by atoms with E-state index in [4.69, 9.17) is 15.4 Å². The minimum Gasteiger partial charge on any atom is -0.445 e. The van der Waals surface area contributed by atoms with E-state index in [9.17, 15) is 4.79 Å². The number of anilines is 1. The third kappa shape index (κ3) is 3.82. The van der Waals surface area contributed by atoms with Crippen LogP contribution >= 0.6 is 0 Å². The maximum Gasteiger partial charge on any atom is 0.287 e. The second kappa shape index (κ2) is 8.43. The van der Waals surface area contributed by atoms with Crippen LogP contribution in [0.1, 0.15) is 34.0 Å². The molecule has 4 aromatic rings. The summed E-state index contributed by atoms with van der Waals surface area (Å²) in [6, 6.07) is 8.87. The van der Waals surface area contributed by atoms with Gasteiger partial charge in [0.1, 0.15) is 5.52 Å². The normalized spacial score (nSPS) is 24.1. The molecule has 1 fully saturated rings. The van der Waals surface area contributed by atoms with E-state index in [1.54, 1.807) is 19.3 Å². The van der Waals surface area contributed by atoms with Crippen molar-refractivity contribution in [2.24, 2.45) is 0 Å². The molecule has 32 heavy (non-hydrogen) atoms. The van der Waals surface area contributed by atoms with Gasteiger partial charge in [0.15, 0.2) is 17.2 Å². The zero-order valence-electron chi connectivity index (χ0n) is 25.2. The Balaban J connectivity index is 1.75. The number of hydrogen-bond donors (Lipinski definition) is 1. The van der Waals surface area contributed by atoms with Crippen LogP contribution in [0.4, 0.5) is 5.82 Å². The summed E-state index contributed by atoms with van der Waals surface area (Å²) in [4.78, 5) is 21.4. The van der Waals surface area contributed by atoms with Crippen molar-refractivity contribution in [1.82, 2.24) is 25.1 Å². The number of carbonyl (C=O) groups is 1. The summed E-state index contributed by atoms with van der Waals surface area (Å²) in [5, 5.41) is 6.84. The first-order valence-corrected chi connectivity index (χ1v) is 9.81. The summed E-state index contributed by atoms with van der Waals surface area (Å²) in [5.74, 6) is -1.71. The Kier molecular flexibility index (Phi) is 3.42. The molecule has 164 valence electrons. The molecule has 9 heteroatoms. The third-order valence-electron chi connectivity index (χ3n) is 4.67. The van der Waals surface area contributed by atoms with Gasteiger partial charge in [-0.25, -0.2) is 9.67 Å². The molecule has 9 nitrogen and oxygen atoms in total. The van der Waals surface area contributed by atoms with Crippen molar-refractivity contribution in [2.45, 2.75) is 13.8 Å². The van der Waals surface area contributed by atoms with Crippen LogP contribution in [-0.4, -0.2) is 58.3 Å². The Morgan fingerprint density at radius 2 is 2.06 bits per heavy atom. The molecule has 0 aliphatic carbocycles. The highest BCUT2D eigenvalue weighted by Crippen LogP contribution is 2.29. The quantitative estimate of drug-likeness (QED) is 0.509. The Hall–Kier alpha value is -3.72. The number of furan rings is 1. The average Bonchev–Trinajstić information content (AvgIpc) is 3.50. The van der Waals surface area contributed by atoms with Crippen molar-refractivity contribution in [1.29, 1.82) is 0 Å². The maximum absolute atomic E-state index is 12.5. The van der Waals surface area contributed by atoms with Crippen LogP contribution in [0.2, 0.25) is 0 Å². The van der Waals surface area contributed by atoms with E-state index in [1.165, 1.54) is 10.7 Å². The van der Waals surface area contributed by atoms with Gasteiger partial charge in [0, 0.05) is 37.4 Å². The lowest BCUT2D eigenvalue weighted by Crippen LogP contribution is -2.37. The molecule has 1 aliphatic heterocycles. The van der Waals surface area contributed by atoms with E-state index in [2.05, 4.69) is 25.1 Å². The molecule has 0 radical (unpaired) electrons. The summed E-state index contributed by atoms with van der Waals surface area (Å²) in [6.07, 6.45) is 3.13. The number of benzene rings is 1. The SMILES string of the molecule is [2H]C1([2H])OC([2H])([2H])C([2H])([2H])N(c2nc(-n3cc(-c4cccc(C)c4)cn3)nc3cc(C(=O)NCC)oc23)C1([2H])[2H]. The lowest BCUT2D eigenvalue weighted by Gasteiger charge is -2.27. The predicted octanol–water partition coefficient (Wildman–Crippen LogP) is 2.97. The van der Waals surface area contributed by atoms with Crippen molar-refractivity contribution in [3.8, 4) is 17.1 Å². The fourth-order valence-electron chi connectivity index (χ4n) is 3.22. The standard InChI is InChI=1S/C23H24N6O3/c1-3-24-22(30)19-12-18-20(32-19)21(28-7-9-31-10-8-28)27-23(26-18)29-14-17(13-25-29)16-6-4-5-15(2)11-16/h4-6,11-14H,3,7-10H2,1-2H3,(H,24,30)/i7D2,8D2,9D2,10D2. The number of aromatic nitrogens is 4. The topological polar surface area (TPSA) is 98.3 Å². The van der Waals surface area contributed by atoms with Gasteiger partial charge >= 0.3 is 0 Å². The molecule has 0 unspecified atom stereocenters. The van der Waals surface area contributed by atoms with Crippen LogP contribution in [0.25, 0.3) is 28.2 Å². The lowest BCUT2D eigenvalue weighted by molar-refractivity contribution is 0.0930. The maximum atomic E-state index is 12.5. The second-order valence-corrected chi connectivity index (χ2v) is 6.94. The Bertz CT molecular complexity index is 1590. The van der Waals surface area contributed by atoms with Gasteiger partial charge in [-0.2, -0.15) is 10.1 Å². The minimum absolute atomic E-state index is 0.0481. The fourth-order valence-corrected chi connectivity index (χ4v) is 3.22. The molecule has 0 atom stereocenters. The average molecular weight is 441 g/mol. The van der Waals surface area contributed by atoms with E-state index in [1.807, 2.05) is 31.2 Å². The highest BCUT2D eigenvalue weighted by Gasteiger charge is 2.23. The van der Waals surface area contributed by atoms with Crippen LogP contribution in [-0.2, 0) is 4.74 Å². The number of carbonyl (C=O) groups excluding carboxylic acids is 1. The summed E-state index contributed by atoms with van der Waals surface area (Å²) in [7, 11) is 0. The van der Waals surface area contributed by atoms with E-state index in [0.29, 0.717) is 5.56 Å². The highest BCUT2D eigenvalue weighted by atomic mass is 16.5. The molecule has 1 N–H and O–H groups in total. The van der Waals surface area contributed by atoms with Crippen LogP contribution in [0.15, 0.2) is 47.1 Å². The Labute approximate surface area is 196 Å². The van der Waals surface area contributed by atoms with Gasteiger partial charge in [-0.15, -0.1) is 0 Å². The molecule has 0 spiro atoms. The van der Waals surface area contributed by atoms with E-state index < -0.39 is 37.8 Å². The largest absolute Gasteiger partial charge is 0.445 e. The smallest absolute Gasteiger partial charge is 0.287 e. The van der Waals surface area contributed by atoms with Gasteiger partial charge in [0.2, 0.25) is 0 Å². The van der Waals surface area contributed by atoms with Gasteiger partial charge in [-0.05, 0) is 19.4 Å². The van der Waals surface area contributed by atoms with Gasteiger partial charge in [0.05, 0.1) is 30.3 Å². The zero-order chi connectivity index (χ0) is 29.3. The minimum atomic E-state index is -3.33. The number of amides is 1. The van der Waals surface area contributed by atoms with Crippen LogP contribution < -0.4 is 10.2 Å². The number of hydrogen-bond acceptors (Lipinski definition) is 7. The number of nitrogens with zero attached hydrogens (tertiary/aromatic N) is 5. The number of ether oxygens (including phenoxy) is 1. The Morgan fingerprint density at radius 3 is 2.84 bits per heavy atom. The van der Waals surface area contributed by atoms with Gasteiger partial charge in [-0.1, -0.05) is 29.8 Å². The number of nitrogens with one attached hydrogen (secondary N) is 1. The predicted molar refractivity (Wildman–Crippen MR) is 120 cm³/mol. The molecule has 1 saturated heterocycles. The van der Waals surface area contributed by atoms with Gasteiger partial charge in [-0.3, -0.25) is 4.79 Å². The highest BCUT2D eigenvalue weighted by molar-refractivity contribution is 5.97. The first kappa shape index (κ1) is 13.0. The van der Waals surface area contributed by atoms with Crippen molar-refractivity contribution in [3.05, 3.63) is 54.0 Å². The summed E-state index contributed by atoms with van der Waals surface area (Å²) in [5.41, 5.74) is 2.14. The molecular weight excluding hydrogens is 408 g/mol. The molecule has 5 rings (SSSR count). The number of fused-ring (bicyclic) bond motifs is 1. The molecule has 3 aromatic heterocycles. The van der Waals surface area contributed by atoms with Crippen LogP contribution in [0.5, 0.6) is 0 Å². The van der Waals surface area contributed by atoms with Crippen molar-refractivity contribution >= 4 is 22.8 Å². The van der Waals surface area contributed by atoms with E-state index in [-0.39, 0.29) is 34.3 Å². The molecular formula is C23H24N6O3. The monoisotopic (exact) mass is 440 g/mol. The summed E-state index contributed by atoms with van der Waals surface area (Å²) in [6.45, 7) is -9.40. The van der Waals surface area contributed by atoms with Gasteiger partial charge in [0.25, 0.3) is 11.9 Å². The summed E-state index contributed by atoms with van der Waals surface area (Å²) < 4.78 is 77.7. The fraction of sp³-hybridized carbons (Fsp3) is 0.304. The van der Waals surface area contributed by atoms with Crippen molar-refractivity contribution < 1.29 is 24.9 Å². The number of morpholine rings is 1. The molecule has 0 saturated carbocycles. The van der Waals surface area contributed by atoms with Crippen LogP contribution in [0.3, 0.4) is 0 Å². The van der Waals surface area contributed by atoms with Crippen molar-refractivity contribution in [3.63, 3.8) is 0 Å². The van der Waals surface area contributed by atoms with Crippen molar-refractivity contribution in [2.75, 3.05) is 37.6 Å². The molecule has 1 aromatic carbocycles. The number of rotatable bonds is 5. The number of aryl methyl sites for hydroxylation is 1. The van der Waals surface area contributed by atoms with E-state index >= 15 is 0 Å². The summed E-state index contributed by atoms with van der Waals surface area (Å²) >= 11 is 0. The van der Waals surface area contributed by atoms with E-state index in [0.717, 1.165) is 11.1 Å². The molecule has 0 bridgehead atoms.